The lowest BCUT2D eigenvalue weighted by molar-refractivity contribution is -0.141. The van der Waals surface area contributed by atoms with Crippen LogP contribution in [0.4, 0.5) is 13.2 Å². The van der Waals surface area contributed by atoms with E-state index in [0.29, 0.717) is 12.3 Å². The Hall–Kier alpha value is -1.17. The topological polar surface area (TPSA) is 37.8 Å². The highest BCUT2D eigenvalue weighted by atomic mass is 19.4. The highest BCUT2D eigenvalue weighted by Crippen LogP contribution is 2.27. The maximum absolute atomic E-state index is 12.5. The summed E-state index contributed by atoms with van der Waals surface area (Å²) < 4.78 is 37.5. The number of rotatable bonds is 5. The Balaban J connectivity index is 2.78. The van der Waals surface area contributed by atoms with Crippen molar-refractivity contribution in [2.45, 2.75) is 38.9 Å². The number of hydrogen-bond acceptors (Lipinski definition) is 3. The van der Waals surface area contributed by atoms with Gasteiger partial charge in [-0.3, -0.25) is 0 Å². The summed E-state index contributed by atoms with van der Waals surface area (Å²) in [5.74, 6) is 0.693. The maximum Gasteiger partial charge on any atom is 0.433 e. The molecule has 0 saturated heterocycles. The average Bonchev–Trinajstić information content (AvgIpc) is 2.26. The van der Waals surface area contributed by atoms with Crippen LogP contribution in [0.5, 0.6) is 0 Å². The van der Waals surface area contributed by atoms with Crippen LogP contribution < -0.4 is 5.32 Å². The molecule has 0 aliphatic rings. The second-order valence-electron chi connectivity index (χ2n) is 4.68. The fraction of sp³-hybridized carbons (Fsp3) is 0.667. The molecule has 1 aromatic rings. The van der Waals surface area contributed by atoms with Crippen LogP contribution in [0.2, 0.25) is 0 Å². The largest absolute Gasteiger partial charge is 0.433 e. The van der Waals surface area contributed by atoms with E-state index in [9.17, 15) is 13.2 Å². The Morgan fingerprint density at radius 1 is 1.33 bits per heavy atom. The van der Waals surface area contributed by atoms with Crippen molar-refractivity contribution in [1.29, 1.82) is 0 Å². The van der Waals surface area contributed by atoms with E-state index in [4.69, 9.17) is 0 Å². The minimum atomic E-state index is -4.41. The normalized spacial score (nSPS) is 13.9. The van der Waals surface area contributed by atoms with Crippen molar-refractivity contribution in [2.24, 2.45) is 5.92 Å². The smallest absolute Gasteiger partial charge is 0.317 e. The highest BCUT2D eigenvalue weighted by Gasteiger charge is 2.32. The first-order valence-corrected chi connectivity index (χ1v) is 5.89. The van der Waals surface area contributed by atoms with Gasteiger partial charge in [0, 0.05) is 18.7 Å². The molecule has 0 aliphatic heterocycles. The van der Waals surface area contributed by atoms with Gasteiger partial charge < -0.3 is 5.32 Å². The number of nitrogens with one attached hydrogen (secondary N) is 1. The zero-order chi connectivity index (χ0) is 13.8. The van der Waals surface area contributed by atoms with E-state index in [1.54, 1.807) is 7.05 Å². The molecule has 0 saturated carbocycles. The van der Waals surface area contributed by atoms with E-state index in [0.717, 1.165) is 18.7 Å². The lowest BCUT2D eigenvalue weighted by atomic mass is 10.0. The van der Waals surface area contributed by atoms with Crippen LogP contribution in [0.25, 0.3) is 0 Å². The molecule has 0 radical (unpaired) electrons. The van der Waals surface area contributed by atoms with Gasteiger partial charge in [0.2, 0.25) is 0 Å². The van der Waals surface area contributed by atoms with Crippen LogP contribution in [0.1, 0.15) is 31.8 Å². The molecule has 1 atom stereocenters. The molecule has 0 bridgehead atoms. The van der Waals surface area contributed by atoms with Gasteiger partial charge in [0.25, 0.3) is 0 Å². The summed E-state index contributed by atoms with van der Waals surface area (Å²) in [5.41, 5.74) is -0.883. The Morgan fingerprint density at radius 3 is 2.50 bits per heavy atom. The zero-order valence-corrected chi connectivity index (χ0v) is 10.8. The van der Waals surface area contributed by atoms with Gasteiger partial charge in [0.1, 0.15) is 11.5 Å². The van der Waals surface area contributed by atoms with Crippen molar-refractivity contribution in [3.05, 3.63) is 23.8 Å². The van der Waals surface area contributed by atoms with E-state index in [2.05, 4.69) is 29.1 Å². The molecule has 0 spiro atoms. The summed E-state index contributed by atoms with van der Waals surface area (Å²) in [6.07, 6.45) is -1.98. The van der Waals surface area contributed by atoms with Gasteiger partial charge in [-0.15, -0.1) is 0 Å². The summed E-state index contributed by atoms with van der Waals surface area (Å²) in [6, 6.07) is 0.980. The number of likely N-dealkylation sites (N-methyl/N-ethyl adjacent to an activating group) is 1. The van der Waals surface area contributed by atoms with Crippen LogP contribution in [0.15, 0.2) is 12.3 Å². The number of halogens is 3. The maximum atomic E-state index is 12.5. The SMILES string of the molecule is CNC(Cc1nccc(C(F)(F)F)n1)CC(C)C. The standard InChI is InChI=1S/C12H18F3N3/c1-8(2)6-9(16-3)7-11-17-5-4-10(18-11)12(13,14)15/h4-5,8-9,16H,6-7H2,1-3H3. The molecular formula is C12H18F3N3. The zero-order valence-electron chi connectivity index (χ0n) is 10.8. The predicted molar refractivity (Wildman–Crippen MR) is 63.0 cm³/mol. The number of aromatic nitrogens is 2. The molecule has 0 aromatic carbocycles. The van der Waals surface area contributed by atoms with Gasteiger partial charge in [-0.25, -0.2) is 9.97 Å². The summed E-state index contributed by atoms with van der Waals surface area (Å²) in [6.45, 7) is 4.13. The first-order valence-electron chi connectivity index (χ1n) is 5.89. The van der Waals surface area contributed by atoms with E-state index >= 15 is 0 Å². The first-order chi connectivity index (χ1) is 8.32. The number of nitrogens with zero attached hydrogens (tertiary/aromatic N) is 2. The van der Waals surface area contributed by atoms with Gasteiger partial charge in [-0.1, -0.05) is 13.8 Å². The summed E-state index contributed by atoms with van der Waals surface area (Å²) in [4.78, 5) is 7.46. The molecule has 0 aliphatic carbocycles. The minimum Gasteiger partial charge on any atom is -0.317 e. The fourth-order valence-corrected chi connectivity index (χ4v) is 1.75. The molecule has 6 heteroatoms. The van der Waals surface area contributed by atoms with Gasteiger partial charge in [0.05, 0.1) is 0 Å². The molecule has 1 unspecified atom stereocenters. The quantitative estimate of drug-likeness (QED) is 0.885. The second-order valence-corrected chi connectivity index (χ2v) is 4.68. The molecule has 1 N–H and O–H groups in total. The van der Waals surface area contributed by atoms with Crippen LogP contribution in [0.3, 0.4) is 0 Å². The van der Waals surface area contributed by atoms with Crippen molar-refractivity contribution >= 4 is 0 Å². The second kappa shape index (κ2) is 6.13. The Bertz CT molecular complexity index is 377. The molecule has 102 valence electrons. The molecule has 0 fully saturated rings. The van der Waals surface area contributed by atoms with Crippen molar-refractivity contribution in [1.82, 2.24) is 15.3 Å². The van der Waals surface area contributed by atoms with Gasteiger partial charge in [-0.05, 0) is 25.5 Å². The molecule has 1 rings (SSSR count). The molecule has 0 amide bonds. The van der Waals surface area contributed by atoms with E-state index in [1.807, 2.05) is 0 Å². The van der Waals surface area contributed by atoms with E-state index < -0.39 is 11.9 Å². The van der Waals surface area contributed by atoms with Crippen molar-refractivity contribution in [2.75, 3.05) is 7.05 Å². The predicted octanol–water partition coefficient (Wildman–Crippen LogP) is 2.67. The van der Waals surface area contributed by atoms with Crippen LogP contribution in [-0.2, 0) is 12.6 Å². The van der Waals surface area contributed by atoms with Crippen LogP contribution >= 0.6 is 0 Å². The fourth-order valence-electron chi connectivity index (χ4n) is 1.75. The number of alkyl halides is 3. The van der Waals surface area contributed by atoms with Gasteiger partial charge in [-0.2, -0.15) is 13.2 Å². The lowest BCUT2D eigenvalue weighted by Crippen LogP contribution is -2.30. The number of hydrogen-bond donors (Lipinski definition) is 1. The van der Waals surface area contributed by atoms with Crippen LogP contribution in [-0.4, -0.2) is 23.1 Å². The van der Waals surface area contributed by atoms with Gasteiger partial charge >= 0.3 is 6.18 Å². The van der Waals surface area contributed by atoms with Crippen molar-refractivity contribution in [3.63, 3.8) is 0 Å². The van der Waals surface area contributed by atoms with E-state index in [-0.39, 0.29) is 11.9 Å². The average molecular weight is 261 g/mol. The third kappa shape index (κ3) is 4.60. The first kappa shape index (κ1) is 14.9. The van der Waals surface area contributed by atoms with Gasteiger partial charge in [0.15, 0.2) is 0 Å². The van der Waals surface area contributed by atoms with Crippen molar-refractivity contribution in [3.8, 4) is 0 Å². The molecule has 1 aromatic heterocycles. The molecular weight excluding hydrogens is 243 g/mol. The summed E-state index contributed by atoms with van der Waals surface area (Å²) >= 11 is 0. The third-order valence-electron chi connectivity index (χ3n) is 2.59. The monoisotopic (exact) mass is 261 g/mol. The Morgan fingerprint density at radius 2 is 2.00 bits per heavy atom. The molecule has 18 heavy (non-hydrogen) atoms. The van der Waals surface area contributed by atoms with Crippen molar-refractivity contribution < 1.29 is 13.2 Å². The minimum absolute atomic E-state index is 0.0912. The lowest BCUT2D eigenvalue weighted by Gasteiger charge is -2.17. The molecule has 1 heterocycles. The summed E-state index contributed by atoms with van der Waals surface area (Å²) in [7, 11) is 1.79. The Kier molecular flexibility index (Phi) is 5.07. The Labute approximate surface area is 105 Å². The third-order valence-corrected chi connectivity index (χ3v) is 2.59. The molecule has 3 nitrogen and oxygen atoms in total. The summed E-state index contributed by atoms with van der Waals surface area (Å²) in [5, 5.41) is 3.08. The highest BCUT2D eigenvalue weighted by molar-refractivity contribution is 5.06. The van der Waals surface area contributed by atoms with Crippen LogP contribution in [0, 0.1) is 5.92 Å². The van der Waals surface area contributed by atoms with E-state index in [1.165, 1.54) is 0 Å².